The fourth-order valence-electron chi connectivity index (χ4n) is 1.89. The lowest BCUT2D eigenvalue weighted by atomic mass is 10.1. The Balaban J connectivity index is 1.66. The zero-order valence-electron chi connectivity index (χ0n) is 11.4. The number of aromatic nitrogens is 2. The van der Waals surface area contributed by atoms with Crippen LogP contribution in [0.25, 0.3) is 6.08 Å². The lowest BCUT2D eigenvalue weighted by molar-refractivity contribution is -0.385. The van der Waals surface area contributed by atoms with Gasteiger partial charge in [-0.05, 0) is 25.0 Å². The van der Waals surface area contributed by atoms with E-state index in [2.05, 4.69) is 15.5 Å². The van der Waals surface area contributed by atoms with Crippen molar-refractivity contribution in [2.75, 3.05) is 5.32 Å². The van der Waals surface area contributed by atoms with Crippen LogP contribution >= 0.6 is 11.3 Å². The Labute approximate surface area is 129 Å². The van der Waals surface area contributed by atoms with Crippen LogP contribution in [0.15, 0.2) is 30.3 Å². The van der Waals surface area contributed by atoms with Crippen molar-refractivity contribution in [3.05, 3.63) is 51.0 Å². The number of carbonyl (C=O) groups excluding carboxylic acids is 1. The molecule has 0 spiro atoms. The number of rotatable bonds is 5. The Bertz CT molecular complexity index is 752. The number of nitro benzene ring substituents is 1. The van der Waals surface area contributed by atoms with Gasteiger partial charge in [0.2, 0.25) is 11.0 Å². The number of hydrogen-bond donors (Lipinski definition) is 1. The van der Waals surface area contributed by atoms with Crippen molar-refractivity contribution in [2.24, 2.45) is 0 Å². The molecule has 0 atom stereocenters. The topological polar surface area (TPSA) is 98.0 Å². The SMILES string of the molecule is O=C(/C=C/c1ccccc1[N+](=O)[O-])Nc1nnc(C2CC2)s1. The summed E-state index contributed by atoms with van der Waals surface area (Å²) in [6.45, 7) is 0. The van der Waals surface area contributed by atoms with Gasteiger partial charge >= 0.3 is 0 Å². The normalized spacial score (nSPS) is 14.2. The highest BCUT2D eigenvalue weighted by molar-refractivity contribution is 7.15. The molecule has 0 radical (unpaired) electrons. The molecule has 1 heterocycles. The molecule has 1 fully saturated rings. The van der Waals surface area contributed by atoms with Gasteiger partial charge in [-0.15, -0.1) is 10.2 Å². The number of hydrogen-bond acceptors (Lipinski definition) is 6. The van der Waals surface area contributed by atoms with Crippen molar-refractivity contribution >= 4 is 34.1 Å². The van der Waals surface area contributed by atoms with Gasteiger partial charge in [0.1, 0.15) is 5.01 Å². The van der Waals surface area contributed by atoms with E-state index in [1.54, 1.807) is 18.2 Å². The van der Waals surface area contributed by atoms with Gasteiger partial charge in [-0.2, -0.15) is 0 Å². The van der Waals surface area contributed by atoms with Crippen LogP contribution in [0.4, 0.5) is 10.8 Å². The first-order chi connectivity index (χ1) is 10.6. The molecule has 7 nitrogen and oxygen atoms in total. The molecule has 1 aliphatic rings. The van der Waals surface area contributed by atoms with Crippen LogP contribution < -0.4 is 5.32 Å². The molecule has 2 aromatic rings. The Morgan fingerprint density at radius 2 is 2.14 bits per heavy atom. The standard InChI is InChI=1S/C14H12N4O3S/c19-12(15-14-17-16-13(22-14)10-5-6-10)8-7-9-3-1-2-4-11(9)18(20)21/h1-4,7-8,10H,5-6H2,(H,15,17,19)/b8-7+. The van der Waals surface area contributed by atoms with E-state index < -0.39 is 10.8 Å². The first-order valence-corrected chi connectivity index (χ1v) is 7.51. The van der Waals surface area contributed by atoms with Crippen molar-refractivity contribution in [3.8, 4) is 0 Å². The number of benzene rings is 1. The number of nitrogens with zero attached hydrogens (tertiary/aromatic N) is 3. The Morgan fingerprint density at radius 3 is 2.86 bits per heavy atom. The van der Waals surface area contributed by atoms with Crippen LogP contribution in [0, 0.1) is 10.1 Å². The maximum absolute atomic E-state index is 11.8. The Morgan fingerprint density at radius 1 is 1.36 bits per heavy atom. The van der Waals surface area contributed by atoms with Crippen LogP contribution in [-0.4, -0.2) is 21.0 Å². The number of nitro groups is 1. The van der Waals surface area contributed by atoms with E-state index in [1.807, 2.05) is 0 Å². The summed E-state index contributed by atoms with van der Waals surface area (Å²) in [5.74, 6) is 0.0994. The smallest absolute Gasteiger partial charge is 0.276 e. The van der Waals surface area contributed by atoms with E-state index in [0.29, 0.717) is 16.6 Å². The van der Waals surface area contributed by atoms with Gasteiger partial charge in [0.25, 0.3) is 5.69 Å². The monoisotopic (exact) mass is 316 g/mol. The molecule has 8 heteroatoms. The second-order valence-corrected chi connectivity index (χ2v) is 5.87. The van der Waals surface area contributed by atoms with E-state index in [9.17, 15) is 14.9 Å². The summed E-state index contributed by atoms with van der Waals surface area (Å²) in [6.07, 6.45) is 4.91. The molecule has 0 bridgehead atoms. The zero-order valence-corrected chi connectivity index (χ0v) is 12.2. The molecule has 1 aromatic heterocycles. The first kappa shape index (κ1) is 14.3. The molecule has 0 unspecified atom stereocenters. The van der Waals surface area contributed by atoms with Crippen LogP contribution in [-0.2, 0) is 4.79 Å². The lowest BCUT2D eigenvalue weighted by Crippen LogP contribution is -2.07. The van der Waals surface area contributed by atoms with Crippen LogP contribution in [0.3, 0.4) is 0 Å². The number of anilines is 1. The van der Waals surface area contributed by atoms with Crippen LogP contribution in [0.2, 0.25) is 0 Å². The third kappa shape index (κ3) is 3.34. The Hall–Kier alpha value is -2.61. The molecular formula is C14H12N4O3S. The number of amides is 1. The Kier molecular flexibility index (Phi) is 3.92. The number of para-hydroxylation sites is 1. The van der Waals surface area contributed by atoms with Crippen molar-refractivity contribution in [2.45, 2.75) is 18.8 Å². The minimum absolute atomic E-state index is 0.0431. The number of carbonyl (C=O) groups is 1. The largest absolute Gasteiger partial charge is 0.297 e. The highest BCUT2D eigenvalue weighted by atomic mass is 32.1. The average molecular weight is 316 g/mol. The summed E-state index contributed by atoms with van der Waals surface area (Å²) < 4.78 is 0. The second kappa shape index (κ2) is 6.02. The fourth-order valence-corrected chi connectivity index (χ4v) is 2.80. The molecule has 3 rings (SSSR count). The van der Waals surface area contributed by atoms with Gasteiger partial charge in [-0.1, -0.05) is 23.5 Å². The highest BCUT2D eigenvalue weighted by Crippen LogP contribution is 2.42. The van der Waals surface area contributed by atoms with E-state index in [0.717, 1.165) is 17.8 Å². The minimum Gasteiger partial charge on any atom is -0.297 e. The maximum Gasteiger partial charge on any atom is 0.276 e. The molecule has 1 aromatic carbocycles. The fraction of sp³-hybridized carbons (Fsp3) is 0.214. The molecule has 1 saturated carbocycles. The summed E-state index contributed by atoms with van der Waals surface area (Å²) in [7, 11) is 0. The summed E-state index contributed by atoms with van der Waals surface area (Å²) in [5, 5.41) is 22.8. The molecule has 0 saturated heterocycles. The van der Waals surface area contributed by atoms with Gasteiger partial charge in [0.15, 0.2) is 0 Å². The van der Waals surface area contributed by atoms with Gasteiger partial charge in [0.05, 0.1) is 10.5 Å². The molecule has 112 valence electrons. The molecular weight excluding hydrogens is 304 g/mol. The molecule has 1 N–H and O–H groups in total. The zero-order chi connectivity index (χ0) is 15.5. The van der Waals surface area contributed by atoms with Gasteiger partial charge in [-0.25, -0.2) is 0 Å². The van der Waals surface area contributed by atoms with E-state index >= 15 is 0 Å². The van der Waals surface area contributed by atoms with Crippen LogP contribution in [0.1, 0.15) is 29.3 Å². The van der Waals surface area contributed by atoms with Gasteiger partial charge in [0, 0.05) is 18.1 Å². The van der Waals surface area contributed by atoms with E-state index in [4.69, 9.17) is 0 Å². The average Bonchev–Trinajstić information content (AvgIpc) is 3.26. The van der Waals surface area contributed by atoms with E-state index in [-0.39, 0.29) is 5.69 Å². The molecule has 1 aliphatic carbocycles. The quantitative estimate of drug-likeness (QED) is 0.519. The third-order valence-corrected chi connectivity index (χ3v) is 4.15. The number of nitrogens with one attached hydrogen (secondary N) is 1. The van der Waals surface area contributed by atoms with Crippen molar-refractivity contribution in [3.63, 3.8) is 0 Å². The summed E-state index contributed by atoms with van der Waals surface area (Å²) in [4.78, 5) is 22.2. The first-order valence-electron chi connectivity index (χ1n) is 6.69. The van der Waals surface area contributed by atoms with Gasteiger partial charge in [-0.3, -0.25) is 20.2 Å². The summed E-state index contributed by atoms with van der Waals surface area (Å²) >= 11 is 1.37. The van der Waals surface area contributed by atoms with Crippen molar-refractivity contribution in [1.29, 1.82) is 0 Å². The minimum atomic E-state index is -0.482. The lowest BCUT2D eigenvalue weighted by Gasteiger charge is -1.97. The maximum atomic E-state index is 11.8. The van der Waals surface area contributed by atoms with Crippen LogP contribution in [0.5, 0.6) is 0 Å². The highest BCUT2D eigenvalue weighted by Gasteiger charge is 2.27. The van der Waals surface area contributed by atoms with E-state index in [1.165, 1.54) is 29.6 Å². The summed E-state index contributed by atoms with van der Waals surface area (Å²) in [6, 6.07) is 6.23. The van der Waals surface area contributed by atoms with Crippen molar-refractivity contribution < 1.29 is 9.72 Å². The molecule has 0 aliphatic heterocycles. The predicted molar refractivity (Wildman–Crippen MR) is 82.6 cm³/mol. The molecule has 22 heavy (non-hydrogen) atoms. The summed E-state index contributed by atoms with van der Waals surface area (Å²) in [5.41, 5.74) is 0.331. The third-order valence-electron chi connectivity index (χ3n) is 3.15. The second-order valence-electron chi connectivity index (χ2n) is 4.86. The molecule has 1 amide bonds. The van der Waals surface area contributed by atoms with Crippen molar-refractivity contribution in [1.82, 2.24) is 10.2 Å². The predicted octanol–water partition coefficient (Wildman–Crippen LogP) is 2.98. The van der Waals surface area contributed by atoms with Gasteiger partial charge < -0.3 is 0 Å².